The van der Waals surface area contributed by atoms with Crippen LogP contribution in [0.4, 0.5) is 0 Å². The van der Waals surface area contributed by atoms with Crippen LogP contribution in [0.5, 0.6) is 0 Å². The quantitative estimate of drug-likeness (QED) is 0.256. The molecule has 0 amide bonds. The summed E-state index contributed by atoms with van der Waals surface area (Å²) in [6, 6.07) is 0. The van der Waals surface area contributed by atoms with Gasteiger partial charge in [0.25, 0.3) is 0 Å². The fourth-order valence-electron chi connectivity index (χ4n) is 12.0. The minimum atomic E-state index is -4.52. The Morgan fingerprint density at radius 1 is 0.805 bits per heavy atom. The van der Waals surface area contributed by atoms with E-state index in [1.54, 1.807) is 0 Å². The zero-order valence-electron chi connectivity index (χ0n) is 26.1. The number of rotatable bonds is 6. The van der Waals surface area contributed by atoms with Crippen molar-refractivity contribution in [2.45, 2.75) is 112 Å². The SMILES string of the molecule is C=C(C)[C@@H]1CC[C@]2(COS(=O)(=O)O)CC[C@]3(C)[C@H](CCC4[C@@]5(C)CC[C@H](OS(=O)(=O)O)C(C)(C)[C@@H]5CC[C@]43C)C12.[K+]. The second-order valence-electron chi connectivity index (χ2n) is 15.6. The molecule has 0 bridgehead atoms. The summed E-state index contributed by atoms with van der Waals surface area (Å²) in [4.78, 5) is 0. The summed E-state index contributed by atoms with van der Waals surface area (Å²) < 4.78 is 75.9. The molecule has 0 aromatic carbocycles. The van der Waals surface area contributed by atoms with E-state index in [0.717, 1.165) is 63.4 Å². The van der Waals surface area contributed by atoms with Gasteiger partial charge in [-0.25, -0.2) is 8.37 Å². The first-order valence-corrected chi connectivity index (χ1v) is 17.9. The second kappa shape index (κ2) is 11.1. The molecule has 0 aliphatic heterocycles. The van der Waals surface area contributed by atoms with Gasteiger partial charge in [-0.2, -0.15) is 16.8 Å². The van der Waals surface area contributed by atoms with Crippen LogP contribution >= 0.6 is 0 Å². The molecule has 0 saturated heterocycles. The summed E-state index contributed by atoms with van der Waals surface area (Å²) in [5, 5.41) is 0. The second-order valence-corrected chi connectivity index (χ2v) is 17.7. The molecule has 11 heteroatoms. The Kier molecular flexibility index (Phi) is 9.49. The van der Waals surface area contributed by atoms with Crippen molar-refractivity contribution in [3.63, 3.8) is 0 Å². The van der Waals surface area contributed by atoms with Gasteiger partial charge < -0.3 is 0 Å². The van der Waals surface area contributed by atoms with Crippen LogP contribution in [0.1, 0.15) is 106 Å². The van der Waals surface area contributed by atoms with E-state index >= 15 is 0 Å². The van der Waals surface area contributed by atoms with Crippen LogP contribution in [0.25, 0.3) is 0 Å². The molecule has 5 fully saturated rings. The van der Waals surface area contributed by atoms with Crippen molar-refractivity contribution in [1.29, 1.82) is 0 Å². The average molecular weight is 642 g/mol. The van der Waals surface area contributed by atoms with Crippen LogP contribution in [0.15, 0.2) is 12.2 Å². The van der Waals surface area contributed by atoms with Gasteiger partial charge in [0, 0.05) is 0 Å². The Hall–Kier alpha value is 1.12. The third-order valence-electron chi connectivity index (χ3n) is 13.9. The zero-order valence-corrected chi connectivity index (χ0v) is 30.9. The molecule has 2 N–H and O–H groups in total. The van der Waals surface area contributed by atoms with Crippen LogP contribution < -0.4 is 51.4 Å². The van der Waals surface area contributed by atoms with E-state index < -0.39 is 32.3 Å². The minimum absolute atomic E-state index is 0. The fourth-order valence-corrected chi connectivity index (χ4v) is 13.0. The van der Waals surface area contributed by atoms with Gasteiger partial charge >= 0.3 is 72.2 Å². The Bertz CT molecular complexity index is 1270. The molecule has 8 nitrogen and oxygen atoms in total. The van der Waals surface area contributed by atoms with Crippen molar-refractivity contribution in [2.75, 3.05) is 6.61 Å². The molecule has 0 spiro atoms. The molecule has 41 heavy (non-hydrogen) atoms. The first-order valence-electron chi connectivity index (χ1n) is 15.1. The average Bonchev–Trinajstić information content (AvgIpc) is 3.19. The fraction of sp³-hybridized carbons (Fsp3) is 0.933. The van der Waals surface area contributed by atoms with E-state index in [0.29, 0.717) is 24.2 Å². The van der Waals surface area contributed by atoms with Gasteiger partial charge in [0.1, 0.15) is 0 Å². The summed E-state index contributed by atoms with van der Waals surface area (Å²) in [6.07, 6.45) is 8.84. The molecule has 5 aliphatic rings. The predicted octanol–water partition coefficient (Wildman–Crippen LogP) is 3.66. The van der Waals surface area contributed by atoms with Crippen LogP contribution in [0.2, 0.25) is 0 Å². The Labute approximate surface area is 290 Å². The van der Waals surface area contributed by atoms with Gasteiger partial charge in [0.2, 0.25) is 0 Å². The standard InChI is InChI=1S/C30H50O8S2.K/c1-19(2)20-10-15-30(18-37-39(31,32)33)17-16-28(6)21(25(20)30)8-9-23-27(5)13-12-24(38-40(34,35)36)26(3,4)22(27)11-14-29(23,28)7;/h20-25H,1,8-18H2,2-7H3,(H,31,32,33)(H,34,35,36);/q;+1/t20-,21+,22-,23?,24-,25?,27-,28+,29+,30+;/m0./s1. The van der Waals surface area contributed by atoms with Gasteiger partial charge in [-0.1, -0.05) is 46.8 Å². The zero-order chi connectivity index (χ0) is 29.7. The van der Waals surface area contributed by atoms with Crippen molar-refractivity contribution in [3.05, 3.63) is 12.2 Å². The molecular weight excluding hydrogens is 592 g/mol. The molecule has 2 unspecified atom stereocenters. The first-order chi connectivity index (χ1) is 18.2. The molecule has 0 heterocycles. The molecule has 5 rings (SSSR count). The molecular formula is C30H50KO8S2+. The molecule has 0 radical (unpaired) electrons. The van der Waals surface area contributed by atoms with E-state index in [-0.39, 0.29) is 91.5 Å². The Morgan fingerprint density at radius 2 is 1.46 bits per heavy atom. The van der Waals surface area contributed by atoms with E-state index in [2.05, 4.69) is 48.1 Å². The number of fused-ring (bicyclic) bond motifs is 7. The van der Waals surface area contributed by atoms with Crippen LogP contribution in [-0.2, 0) is 29.2 Å². The number of hydrogen-bond acceptors (Lipinski definition) is 6. The van der Waals surface area contributed by atoms with Gasteiger partial charge in [-0.3, -0.25) is 9.11 Å². The number of allylic oxidation sites excluding steroid dienone is 1. The van der Waals surface area contributed by atoms with Gasteiger partial charge in [-0.05, 0) is 128 Å². The molecule has 5 aliphatic carbocycles. The van der Waals surface area contributed by atoms with E-state index in [1.165, 1.54) is 0 Å². The number of hydrogen-bond donors (Lipinski definition) is 2. The first kappa shape index (κ1) is 35.0. The molecule has 230 valence electrons. The maximum Gasteiger partial charge on any atom is 1.00 e. The van der Waals surface area contributed by atoms with Gasteiger partial charge in [-0.15, -0.1) is 0 Å². The van der Waals surface area contributed by atoms with E-state index in [4.69, 9.17) is 8.37 Å². The summed E-state index contributed by atoms with van der Waals surface area (Å²) in [5.41, 5.74) is 0.640. The monoisotopic (exact) mass is 641 g/mol. The van der Waals surface area contributed by atoms with Crippen molar-refractivity contribution >= 4 is 20.8 Å². The van der Waals surface area contributed by atoms with Crippen LogP contribution in [0.3, 0.4) is 0 Å². The molecule has 10 atom stereocenters. The van der Waals surface area contributed by atoms with Crippen molar-refractivity contribution < 1.29 is 85.7 Å². The van der Waals surface area contributed by atoms with Crippen molar-refractivity contribution in [3.8, 4) is 0 Å². The smallest absolute Gasteiger partial charge is 0.264 e. The Morgan fingerprint density at radius 3 is 2.05 bits per heavy atom. The van der Waals surface area contributed by atoms with Crippen LogP contribution in [0, 0.1) is 56.7 Å². The van der Waals surface area contributed by atoms with Crippen molar-refractivity contribution in [2.24, 2.45) is 56.7 Å². The summed E-state index contributed by atoms with van der Waals surface area (Å²) in [5.74, 6) is 1.73. The van der Waals surface area contributed by atoms with Crippen molar-refractivity contribution in [1.82, 2.24) is 0 Å². The normalized spacial score (nSPS) is 47.2. The molecule has 0 aromatic heterocycles. The van der Waals surface area contributed by atoms with Crippen LogP contribution in [-0.4, -0.2) is 38.7 Å². The largest absolute Gasteiger partial charge is 1.00 e. The van der Waals surface area contributed by atoms with E-state index in [1.807, 2.05) is 0 Å². The third kappa shape index (κ3) is 5.59. The van der Waals surface area contributed by atoms with Gasteiger partial charge in [0.05, 0.1) is 12.7 Å². The topological polar surface area (TPSA) is 127 Å². The summed E-state index contributed by atoms with van der Waals surface area (Å²) >= 11 is 0. The van der Waals surface area contributed by atoms with Gasteiger partial charge in [0.15, 0.2) is 0 Å². The molecule has 0 aromatic rings. The maximum atomic E-state index is 11.7. The minimum Gasteiger partial charge on any atom is -0.264 e. The summed E-state index contributed by atoms with van der Waals surface area (Å²) in [7, 11) is -9.04. The maximum absolute atomic E-state index is 11.7. The third-order valence-corrected chi connectivity index (χ3v) is 14.8. The van der Waals surface area contributed by atoms with E-state index in [9.17, 15) is 25.9 Å². The Balaban J connectivity index is 0.00000387. The predicted molar refractivity (Wildman–Crippen MR) is 153 cm³/mol. The molecule has 5 saturated carbocycles. The summed E-state index contributed by atoms with van der Waals surface area (Å²) in [6.45, 7) is 18.1.